The Kier molecular flexibility index (Phi) is 7.53. The van der Waals surface area contributed by atoms with Crippen LogP contribution in [-0.2, 0) is 9.53 Å². The summed E-state index contributed by atoms with van der Waals surface area (Å²) >= 11 is 0. The van der Waals surface area contributed by atoms with E-state index in [1.165, 1.54) is 57.1 Å². The molecule has 2 saturated heterocycles. The first-order chi connectivity index (χ1) is 16.2. The molecule has 0 atom stereocenters. The number of rotatable bonds is 7. The van der Waals surface area contributed by atoms with Crippen LogP contribution >= 0.6 is 0 Å². The number of carbonyl (C=O) groups is 1. The average Bonchev–Trinajstić information content (AvgIpc) is 3.72. The minimum Gasteiger partial charge on any atom is -0.379 e. The van der Waals surface area contributed by atoms with Gasteiger partial charge in [0.15, 0.2) is 0 Å². The monoisotopic (exact) mass is 454 g/mol. The Morgan fingerprint density at radius 2 is 1.70 bits per heavy atom. The van der Waals surface area contributed by atoms with E-state index in [0.29, 0.717) is 11.6 Å². The molecule has 4 fully saturated rings. The van der Waals surface area contributed by atoms with Gasteiger partial charge in [0, 0.05) is 61.6 Å². The second-order valence-corrected chi connectivity index (χ2v) is 10.7. The molecule has 0 spiro atoms. The van der Waals surface area contributed by atoms with Crippen LogP contribution in [0, 0.1) is 5.92 Å². The number of nitrogens with one attached hydrogen (secondary N) is 2. The summed E-state index contributed by atoms with van der Waals surface area (Å²) in [5.74, 6) is 0.424. The fourth-order valence-electron chi connectivity index (χ4n) is 6.08. The molecule has 6 nitrogen and oxygen atoms in total. The summed E-state index contributed by atoms with van der Waals surface area (Å²) in [6, 6.07) is 9.00. The summed E-state index contributed by atoms with van der Waals surface area (Å²) in [7, 11) is 0. The quantitative estimate of drug-likeness (QED) is 0.610. The molecular weight excluding hydrogens is 412 g/mol. The normalized spacial score (nSPS) is 24.9. The molecule has 1 amide bonds. The number of nitrogens with zero attached hydrogens (tertiary/aromatic N) is 2. The van der Waals surface area contributed by atoms with Crippen molar-refractivity contribution in [2.45, 2.75) is 75.8 Å². The number of hydrogen-bond donors (Lipinski definition) is 2. The summed E-state index contributed by atoms with van der Waals surface area (Å²) in [4.78, 5) is 17.4. The van der Waals surface area contributed by atoms with Gasteiger partial charge in [0.1, 0.15) is 0 Å². The summed E-state index contributed by atoms with van der Waals surface area (Å²) in [5.41, 5.74) is 2.49. The maximum Gasteiger partial charge on any atom is 0.227 e. The number of morpholine rings is 1. The lowest BCUT2D eigenvalue weighted by Gasteiger charge is -2.47. The highest BCUT2D eigenvalue weighted by Crippen LogP contribution is 2.34. The van der Waals surface area contributed by atoms with E-state index >= 15 is 0 Å². The van der Waals surface area contributed by atoms with Crippen LogP contribution in [0.15, 0.2) is 24.3 Å². The van der Waals surface area contributed by atoms with Crippen LogP contribution in [0.1, 0.15) is 64.2 Å². The third-order valence-corrected chi connectivity index (χ3v) is 8.36. The molecular formula is C27H42N4O2. The van der Waals surface area contributed by atoms with E-state index in [4.69, 9.17) is 4.74 Å². The minimum absolute atomic E-state index is 0.183. The highest BCUT2D eigenvalue weighted by Gasteiger charge is 2.38. The fraction of sp³-hybridized carbons (Fsp3) is 0.741. The molecule has 5 rings (SSSR count). The molecule has 2 aliphatic heterocycles. The molecule has 2 saturated carbocycles. The predicted octanol–water partition coefficient (Wildman–Crippen LogP) is 4.02. The number of benzene rings is 1. The summed E-state index contributed by atoms with van der Waals surface area (Å²) in [6.07, 6.45) is 12.6. The summed E-state index contributed by atoms with van der Waals surface area (Å²) < 4.78 is 5.67. The Morgan fingerprint density at radius 3 is 2.39 bits per heavy atom. The molecule has 0 unspecified atom stereocenters. The second kappa shape index (κ2) is 10.7. The molecule has 0 bridgehead atoms. The number of piperidine rings is 1. The van der Waals surface area contributed by atoms with E-state index in [-0.39, 0.29) is 11.8 Å². The van der Waals surface area contributed by atoms with E-state index in [9.17, 15) is 4.79 Å². The van der Waals surface area contributed by atoms with Crippen molar-refractivity contribution < 1.29 is 9.53 Å². The Morgan fingerprint density at radius 1 is 0.970 bits per heavy atom. The zero-order chi connectivity index (χ0) is 22.5. The number of hydrogen-bond acceptors (Lipinski definition) is 5. The van der Waals surface area contributed by atoms with E-state index in [1.54, 1.807) is 0 Å². The van der Waals surface area contributed by atoms with Crippen LogP contribution in [0.2, 0.25) is 0 Å². The van der Waals surface area contributed by atoms with E-state index < -0.39 is 0 Å². The van der Waals surface area contributed by atoms with Gasteiger partial charge in [-0.1, -0.05) is 31.7 Å². The molecule has 182 valence electrons. The molecule has 2 N–H and O–H groups in total. The van der Waals surface area contributed by atoms with Crippen molar-refractivity contribution in [1.29, 1.82) is 0 Å². The van der Waals surface area contributed by atoms with Crippen molar-refractivity contribution in [2.75, 3.05) is 56.2 Å². The van der Waals surface area contributed by atoms with Gasteiger partial charge in [0.2, 0.25) is 5.91 Å². The lowest BCUT2D eigenvalue weighted by atomic mass is 9.86. The summed E-state index contributed by atoms with van der Waals surface area (Å²) in [6.45, 7) is 7.23. The topological polar surface area (TPSA) is 56.8 Å². The molecule has 0 aromatic heterocycles. The van der Waals surface area contributed by atoms with E-state index in [0.717, 1.165) is 64.5 Å². The molecule has 6 heteroatoms. The van der Waals surface area contributed by atoms with Crippen LogP contribution in [0.4, 0.5) is 11.4 Å². The number of ether oxygens (including phenoxy) is 1. The number of amides is 1. The van der Waals surface area contributed by atoms with E-state index in [1.807, 2.05) is 6.07 Å². The van der Waals surface area contributed by atoms with Gasteiger partial charge in [-0.05, 0) is 56.7 Å². The standard InChI is InChI=1S/C27H42N4O2/c32-26(22-8-9-22)29-24-6-5-7-25(20-24)30-14-10-23(11-15-30)28-21-27(12-3-1-2-4-13-27)31-16-18-33-19-17-31/h5-7,20,22-23,28H,1-4,8-19,21H2,(H,29,32). The summed E-state index contributed by atoms with van der Waals surface area (Å²) in [5, 5.41) is 7.12. The fourth-order valence-corrected chi connectivity index (χ4v) is 6.08. The number of anilines is 2. The second-order valence-electron chi connectivity index (χ2n) is 10.7. The predicted molar refractivity (Wildman–Crippen MR) is 134 cm³/mol. The first kappa shape index (κ1) is 23.1. The highest BCUT2D eigenvalue weighted by molar-refractivity contribution is 5.94. The third kappa shape index (κ3) is 5.90. The van der Waals surface area contributed by atoms with Crippen molar-refractivity contribution in [3.8, 4) is 0 Å². The van der Waals surface area contributed by atoms with Gasteiger partial charge in [0.05, 0.1) is 13.2 Å². The lowest BCUT2D eigenvalue weighted by Crippen LogP contribution is -2.59. The molecule has 1 aromatic carbocycles. The molecule has 0 radical (unpaired) electrons. The van der Waals surface area contributed by atoms with Gasteiger partial charge < -0.3 is 20.3 Å². The zero-order valence-electron chi connectivity index (χ0n) is 20.2. The van der Waals surface area contributed by atoms with Crippen LogP contribution in [0.3, 0.4) is 0 Å². The minimum atomic E-state index is 0.183. The Balaban J connectivity index is 1.14. The smallest absolute Gasteiger partial charge is 0.227 e. The first-order valence-corrected chi connectivity index (χ1v) is 13.4. The molecule has 2 aliphatic carbocycles. The van der Waals surface area contributed by atoms with Crippen molar-refractivity contribution in [3.63, 3.8) is 0 Å². The maximum absolute atomic E-state index is 12.1. The first-order valence-electron chi connectivity index (χ1n) is 13.4. The van der Waals surface area contributed by atoms with Gasteiger partial charge in [-0.2, -0.15) is 0 Å². The van der Waals surface area contributed by atoms with Crippen molar-refractivity contribution in [3.05, 3.63) is 24.3 Å². The molecule has 4 aliphatic rings. The van der Waals surface area contributed by atoms with E-state index in [2.05, 4.69) is 38.6 Å². The van der Waals surface area contributed by atoms with Crippen LogP contribution in [0.5, 0.6) is 0 Å². The molecule has 1 aromatic rings. The molecule has 2 heterocycles. The highest BCUT2D eigenvalue weighted by atomic mass is 16.5. The van der Waals surface area contributed by atoms with Crippen molar-refractivity contribution in [2.24, 2.45) is 5.92 Å². The molecule has 33 heavy (non-hydrogen) atoms. The van der Waals surface area contributed by atoms with Crippen LogP contribution < -0.4 is 15.5 Å². The van der Waals surface area contributed by atoms with Gasteiger partial charge in [0.25, 0.3) is 0 Å². The SMILES string of the molecule is O=C(Nc1cccc(N2CCC(NCC3(N4CCOCC4)CCCCCC3)CC2)c1)C1CC1. The maximum atomic E-state index is 12.1. The Labute approximate surface area is 199 Å². The van der Waals surface area contributed by atoms with Gasteiger partial charge >= 0.3 is 0 Å². The van der Waals surface area contributed by atoms with Gasteiger partial charge in [-0.3, -0.25) is 9.69 Å². The lowest BCUT2D eigenvalue weighted by molar-refractivity contribution is -0.117. The van der Waals surface area contributed by atoms with Crippen molar-refractivity contribution in [1.82, 2.24) is 10.2 Å². The largest absolute Gasteiger partial charge is 0.379 e. The zero-order valence-corrected chi connectivity index (χ0v) is 20.2. The Hall–Kier alpha value is -1.63. The number of carbonyl (C=O) groups excluding carboxylic acids is 1. The Bertz CT molecular complexity index is 774. The van der Waals surface area contributed by atoms with Crippen molar-refractivity contribution >= 4 is 17.3 Å². The van der Waals surface area contributed by atoms with Crippen LogP contribution in [-0.4, -0.2) is 68.3 Å². The third-order valence-electron chi connectivity index (χ3n) is 8.36. The van der Waals surface area contributed by atoms with Crippen LogP contribution in [0.25, 0.3) is 0 Å². The van der Waals surface area contributed by atoms with Gasteiger partial charge in [-0.25, -0.2) is 0 Å². The van der Waals surface area contributed by atoms with Gasteiger partial charge in [-0.15, -0.1) is 0 Å². The average molecular weight is 455 g/mol.